The number of aryl methyl sites for hydroxylation is 1. The van der Waals surface area contributed by atoms with Crippen molar-refractivity contribution in [1.82, 2.24) is 20.1 Å². The molecule has 0 aliphatic carbocycles. The number of likely N-dealkylation sites (tertiary alicyclic amines) is 2. The molecule has 1 unspecified atom stereocenters. The first-order valence-electron chi connectivity index (χ1n) is 13.9. The molecule has 2 aliphatic rings. The van der Waals surface area contributed by atoms with Gasteiger partial charge in [0.15, 0.2) is 10.9 Å². The highest BCUT2D eigenvalue weighted by Gasteiger charge is 2.33. The van der Waals surface area contributed by atoms with Gasteiger partial charge in [-0.15, -0.1) is 0 Å². The van der Waals surface area contributed by atoms with Gasteiger partial charge in [0, 0.05) is 58.0 Å². The minimum Gasteiger partial charge on any atom is -0.335 e. The molecule has 1 aromatic carbocycles. The van der Waals surface area contributed by atoms with Crippen molar-refractivity contribution in [2.75, 3.05) is 44.6 Å². The first-order chi connectivity index (χ1) is 18.7. The molecule has 8 nitrogen and oxygen atoms in total. The van der Waals surface area contributed by atoms with Crippen LogP contribution in [0.2, 0.25) is 0 Å². The number of nitrogens with zero attached hydrogens (tertiary/aromatic N) is 3. The van der Waals surface area contributed by atoms with Crippen LogP contribution in [0.3, 0.4) is 0 Å². The molecule has 2 fully saturated rings. The molecule has 39 heavy (non-hydrogen) atoms. The molecule has 2 aliphatic heterocycles. The number of benzene rings is 1. The predicted molar refractivity (Wildman–Crippen MR) is 152 cm³/mol. The summed E-state index contributed by atoms with van der Waals surface area (Å²) in [6.07, 6.45) is 4.55. The second kappa shape index (κ2) is 13.6. The number of nitrogens with one attached hydrogen (secondary N) is 2. The molecule has 2 saturated heterocycles. The molecule has 2 N–H and O–H groups in total. The maximum absolute atomic E-state index is 13.3. The Labute approximate surface area is 234 Å². The maximum Gasteiger partial charge on any atom is 0.321 e. The first-order valence-corrected chi connectivity index (χ1v) is 14.7. The van der Waals surface area contributed by atoms with E-state index in [0.29, 0.717) is 28.0 Å². The zero-order valence-corrected chi connectivity index (χ0v) is 24.0. The number of carbonyl (C=O) groups excluding carboxylic acids is 3. The quantitative estimate of drug-likeness (QED) is 0.417. The van der Waals surface area contributed by atoms with Gasteiger partial charge in [0.05, 0.1) is 10.6 Å². The molecule has 10 heteroatoms. The topological polar surface area (TPSA) is 94.6 Å². The Kier molecular flexibility index (Phi) is 10.2. The zero-order valence-electron chi connectivity index (χ0n) is 23.2. The van der Waals surface area contributed by atoms with Gasteiger partial charge in [0.1, 0.15) is 11.6 Å². The number of rotatable bonds is 10. The Balaban J connectivity index is 1.38. The van der Waals surface area contributed by atoms with Gasteiger partial charge in [-0.3, -0.25) is 14.9 Å². The van der Waals surface area contributed by atoms with E-state index in [0.717, 1.165) is 70.5 Å². The van der Waals surface area contributed by atoms with Crippen molar-refractivity contribution < 1.29 is 18.8 Å². The summed E-state index contributed by atoms with van der Waals surface area (Å²) < 4.78 is 13.3. The molecule has 212 valence electrons. The molecule has 0 radical (unpaired) electrons. The van der Waals surface area contributed by atoms with Crippen LogP contribution in [0.5, 0.6) is 0 Å². The maximum atomic E-state index is 13.3. The number of hydrogen-bond donors (Lipinski definition) is 2. The highest BCUT2D eigenvalue weighted by atomic mass is 32.1. The Hall–Kier alpha value is -2.69. The van der Waals surface area contributed by atoms with Gasteiger partial charge in [-0.25, -0.2) is 14.2 Å². The number of amides is 2. The van der Waals surface area contributed by atoms with Gasteiger partial charge >= 0.3 is 6.03 Å². The van der Waals surface area contributed by atoms with Gasteiger partial charge in [-0.1, -0.05) is 23.5 Å². The van der Waals surface area contributed by atoms with Crippen molar-refractivity contribution in [3.63, 3.8) is 0 Å². The van der Waals surface area contributed by atoms with Crippen molar-refractivity contribution in [1.29, 1.82) is 0 Å². The first kappa shape index (κ1) is 29.3. The summed E-state index contributed by atoms with van der Waals surface area (Å²) in [5.41, 5.74) is 1.79. The molecule has 4 rings (SSSR count). The fourth-order valence-corrected chi connectivity index (χ4v) is 6.71. The Bertz CT molecular complexity index is 1150. The highest BCUT2D eigenvalue weighted by molar-refractivity contribution is 7.17. The molecule has 2 aromatic rings. The zero-order chi connectivity index (χ0) is 27.9. The van der Waals surface area contributed by atoms with Gasteiger partial charge < -0.3 is 15.1 Å². The minimum atomic E-state index is -0.307. The van der Waals surface area contributed by atoms with Crippen LogP contribution in [0.1, 0.15) is 60.5 Å². The molecule has 0 spiro atoms. The number of halogens is 1. The van der Waals surface area contributed by atoms with Gasteiger partial charge in [-0.05, 0) is 69.7 Å². The fourth-order valence-electron chi connectivity index (χ4n) is 5.85. The largest absolute Gasteiger partial charge is 0.335 e. The van der Waals surface area contributed by atoms with E-state index in [1.165, 1.54) is 30.4 Å². The van der Waals surface area contributed by atoms with E-state index in [4.69, 9.17) is 0 Å². The van der Waals surface area contributed by atoms with Crippen molar-refractivity contribution >= 4 is 34.1 Å². The average molecular weight is 558 g/mol. The van der Waals surface area contributed by atoms with Gasteiger partial charge in [-0.2, -0.15) is 0 Å². The van der Waals surface area contributed by atoms with Crippen LogP contribution in [0.15, 0.2) is 24.3 Å². The minimum absolute atomic E-state index is 0.00982. The van der Waals surface area contributed by atoms with Crippen LogP contribution in [-0.4, -0.2) is 77.7 Å². The van der Waals surface area contributed by atoms with E-state index in [2.05, 4.69) is 25.4 Å². The molecular formula is C29H40FN5O3S. The van der Waals surface area contributed by atoms with Gasteiger partial charge in [0.25, 0.3) is 0 Å². The molecular weight excluding hydrogens is 517 g/mol. The number of aromatic nitrogens is 1. The lowest BCUT2D eigenvalue weighted by Crippen LogP contribution is -2.55. The summed E-state index contributed by atoms with van der Waals surface area (Å²) in [5.74, 6) is 0.652. The summed E-state index contributed by atoms with van der Waals surface area (Å²) in [6, 6.07) is 6.50. The Morgan fingerprint density at radius 2 is 1.85 bits per heavy atom. The lowest BCUT2D eigenvalue weighted by molar-refractivity contribution is -0.117. The molecule has 0 saturated carbocycles. The number of carbonyl (C=O) groups is 3. The number of thiazole rings is 1. The molecule has 1 aromatic heterocycles. The third kappa shape index (κ3) is 8.65. The molecule has 3 atom stereocenters. The number of ketones is 2. The van der Waals surface area contributed by atoms with E-state index in [1.807, 2.05) is 12.1 Å². The predicted octanol–water partition coefficient (Wildman–Crippen LogP) is 4.54. The van der Waals surface area contributed by atoms with Gasteiger partial charge in [0.2, 0.25) is 0 Å². The van der Waals surface area contributed by atoms with Crippen LogP contribution in [0.4, 0.5) is 14.3 Å². The standard InChI is InChI=1S/C29H40FN5O3S/c1-19(36)10-13-34-14-11-26(32-28(38)33-29-31-20(2)27(39-29)21(3)37)24(17-34)18-35-12-4-5-23(16-35)15-22-6-8-25(30)9-7-22/h6-9,23-24,26H,4-5,10-18H2,1-3H3,(H2,31,32,33,38)/t23?,24-,26-/m1/s1. The lowest BCUT2D eigenvalue weighted by atomic mass is 9.88. The summed E-state index contributed by atoms with van der Waals surface area (Å²) in [7, 11) is 0. The summed E-state index contributed by atoms with van der Waals surface area (Å²) in [5, 5.41) is 6.43. The van der Waals surface area contributed by atoms with Crippen LogP contribution in [-0.2, 0) is 11.2 Å². The van der Waals surface area contributed by atoms with E-state index in [-0.39, 0.29) is 35.4 Å². The lowest BCUT2D eigenvalue weighted by Gasteiger charge is -2.42. The van der Waals surface area contributed by atoms with E-state index < -0.39 is 0 Å². The smallest absolute Gasteiger partial charge is 0.321 e. The highest BCUT2D eigenvalue weighted by Crippen LogP contribution is 2.26. The van der Waals surface area contributed by atoms with Crippen molar-refractivity contribution in [2.24, 2.45) is 11.8 Å². The fraction of sp³-hybridized carbons (Fsp3) is 0.586. The summed E-state index contributed by atoms with van der Waals surface area (Å²) >= 11 is 1.20. The number of Topliss-reactive ketones (excluding diaryl/α,β-unsaturated/α-hetero) is 2. The van der Waals surface area contributed by atoms with Crippen LogP contribution in [0.25, 0.3) is 0 Å². The van der Waals surface area contributed by atoms with E-state index >= 15 is 0 Å². The summed E-state index contributed by atoms with van der Waals surface area (Å²) in [6.45, 7) is 10.2. The SMILES string of the molecule is CC(=O)CCN1CC[C@@H](NC(=O)Nc2nc(C)c(C(C)=O)s2)[C@@H](CN2CCCC(Cc3ccc(F)cc3)C2)C1. The number of piperidine rings is 2. The normalized spacial score (nSPS) is 22.4. The molecule has 2 amide bonds. The van der Waals surface area contributed by atoms with Crippen LogP contribution in [0, 0.1) is 24.6 Å². The second-order valence-corrected chi connectivity index (χ2v) is 12.1. The second-order valence-electron chi connectivity index (χ2n) is 11.1. The summed E-state index contributed by atoms with van der Waals surface area (Å²) in [4.78, 5) is 46.1. The number of urea groups is 1. The number of anilines is 1. The molecule has 0 bridgehead atoms. The van der Waals surface area contributed by atoms with Crippen molar-refractivity contribution in [3.8, 4) is 0 Å². The average Bonchev–Trinajstić information content (AvgIpc) is 3.25. The van der Waals surface area contributed by atoms with Crippen LogP contribution < -0.4 is 10.6 Å². The number of hydrogen-bond acceptors (Lipinski definition) is 7. The Morgan fingerprint density at radius 1 is 1.08 bits per heavy atom. The van der Waals surface area contributed by atoms with Crippen molar-refractivity contribution in [3.05, 3.63) is 46.2 Å². The third-order valence-electron chi connectivity index (χ3n) is 7.78. The van der Waals surface area contributed by atoms with E-state index in [9.17, 15) is 18.8 Å². The van der Waals surface area contributed by atoms with Crippen molar-refractivity contribution in [2.45, 2.75) is 58.9 Å². The Morgan fingerprint density at radius 3 is 2.54 bits per heavy atom. The van der Waals surface area contributed by atoms with E-state index in [1.54, 1.807) is 13.8 Å². The van der Waals surface area contributed by atoms with Crippen LogP contribution >= 0.6 is 11.3 Å². The third-order valence-corrected chi connectivity index (χ3v) is 8.96. The monoisotopic (exact) mass is 557 g/mol. The molecule has 3 heterocycles.